The summed E-state index contributed by atoms with van der Waals surface area (Å²) >= 11 is 0. The molecule has 18 heavy (non-hydrogen) atoms. The van der Waals surface area contributed by atoms with Crippen LogP contribution in [0.15, 0.2) is 0 Å². The molecule has 0 bridgehead atoms. The summed E-state index contributed by atoms with van der Waals surface area (Å²) in [5, 5.41) is 2.93. The summed E-state index contributed by atoms with van der Waals surface area (Å²) in [4.78, 5) is 14.9. The highest BCUT2D eigenvalue weighted by Crippen LogP contribution is 2.38. The first-order valence-corrected chi connectivity index (χ1v) is 6.41. The molecule has 1 aromatic rings. The Morgan fingerprint density at radius 2 is 2.11 bits per heavy atom. The van der Waals surface area contributed by atoms with E-state index in [0.717, 1.165) is 18.4 Å². The lowest BCUT2D eigenvalue weighted by molar-refractivity contribution is 0.312. The Labute approximate surface area is 108 Å². The Morgan fingerprint density at radius 1 is 1.39 bits per heavy atom. The molecule has 100 valence electrons. The molecule has 2 rings (SSSR count). The highest BCUT2D eigenvalue weighted by molar-refractivity contribution is 5.37. The third kappa shape index (κ3) is 3.00. The topological polar surface area (TPSA) is 63.2 Å². The molecule has 1 N–H and O–H groups in total. The third-order valence-electron chi connectivity index (χ3n) is 3.23. The highest BCUT2D eigenvalue weighted by Gasteiger charge is 2.33. The normalized spacial score (nSPS) is 21.6. The Balaban J connectivity index is 2.11. The molecular formula is C12H21N5O. The van der Waals surface area contributed by atoms with Gasteiger partial charge in [0, 0.05) is 20.6 Å². The van der Waals surface area contributed by atoms with Gasteiger partial charge < -0.3 is 15.0 Å². The third-order valence-corrected chi connectivity index (χ3v) is 3.23. The van der Waals surface area contributed by atoms with Gasteiger partial charge in [0.15, 0.2) is 0 Å². The van der Waals surface area contributed by atoms with E-state index >= 15 is 0 Å². The van der Waals surface area contributed by atoms with Crippen molar-refractivity contribution < 1.29 is 4.74 Å². The van der Waals surface area contributed by atoms with Crippen LogP contribution in [0.25, 0.3) is 0 Å². The lowest BCUT2D eigenvalue weighted by atomic mass is 10.3. The first-order chi connectivity index (χ1) is 8.63. The zero-order valence-corrected chi connectivity index (χ0v) is 11.5. The van der Waals surface area contributed by atoms with Crippen molar-refractivity contribution in [1.29, 1.82) is 0 Å². The number of hydrogen-bond acceptors (Lipinski definition) is 6. The molecule has 0 spiro atoms. The highest BCUT2D eigenvalue weighted by atomic mass is 16.5. The zero-order valence-electron chi connectivity index (χ0n) is 11.5. The Bertz CT molecular complexity index is 411. The number of aromatic nitrogens is 3. The van der Waals surface area contributed by atoms with Gasteiger partial charge in [-0.1, -0.05) is 6.92 Å². The summed E-state index contributed by atoms with van der Waals surface area (Å²) in [5.74, 6) is 2.79. The largest absolute Gasteiger partial charge is 0.464 e. The fourth-order valence-electron chi connectivity index (χ4n) is 1.91. The summed E-state index contributed by atoms with van der Waals surface area (Å²) in [6, 6.07) is 0.377. The molecule has 0 aromatic carbocycles. The summed E-state index contributed by atoms with van der Waals surface area (Å²) < 4.78 is 5.35. The average Bonchev–Trinajstić information content (AvgIpc) is 3.04. The molecule has 1 aromatic heterocycles. The Hall–Kier alpha value is -1.59. The lowest BCUT2D eigenvalue weighted by Gasteiger charge is -2.17. The molecular weight excluding hydrogens is 230 g/mol. The summed E-state index contributed by atoms with van der Waals surface area (Å²) in [5.41, 5.74) is 0. The minimum atomic E-state index is 0.377. The molecule has 0 amide bonds. The van der Waals surface area contributed by atoms with Crippen LogP contribution in [0, 0.1) is 11.8 Å². The van der Waals surface area contributed by atoms with Gasteiger partial charge in [-0.05, 0) is 25.2 Å². The average molecular weight is 251 g/mol. The number of hydrogen-bond donors (Lipinski definition) is 1. The monoisotopic (exact) mass is 251 g/mol. The number of nitrogens with one attached hydrogen (secondary N) is 1. The van der Waals surface area contributed by atoms with E-state index in [1.807, 2.05) is 14.0 Å². The molecule has 1 fully saturated rings. The Morgan fingerprint density at radius 3 is 2.67 bits per heavy atom. The number of ether oxygens (including phenoxy) is 1. The van der Waals surface area contributed by atoms with Gasteiger partial charge in [0.25, 0.3) is 0 Å². The predicted octanol–water partition coefficient (Wildman–Crippen LogP) is 1.40. The van der Waals surface area contributed by atoms with Crippen molar-refractivity contribution in [1.82, 2.24) is 15.0 Å². The van der Waals surface area contributed by atoms with Crippen LogP contribution in [-0.2, 0) is 0 Å². The van der Waals surface area contributed by atoms with E-state index in [1.54, 1.807) is 7.05 Å². The van der Waals surface area contributed by atoms with Crippen LogP contribution in [0.4, 0.5) is 11.9 Å². The maximum Gasteiger partial charge on any atom is 0.323 e. The summed E-state index contributed by atoms with van der Waals surface area (Å²) in [6.45, 7) is 5.73. The molecule has 0 saturated heterocycles. The lowest BCUT2D eigenvalue weighted by Crippen LogP contribution is -2.23. The molecule has 2 unspecified atom stereocenters. The van der Waals surface area contributed by atoms with E-state index < -0.39 is 0 Å². The van der Waals surface area contributed by atoms with Gasteiger partial charge in [-0.2, -0.15) is 15.0 Å². The van der Waals surface area contributed by atoms with Crippen LogP contribution in [0.2, 0.25) is 0 Å². The summed E-state index contributed by atoms with van der Waals surface area (Å²) in [7, 11) is 3.80. The fraction of sp³-hybridized carbons (Fsp3) is 0.750. The molecule has 2 atom stereocenters. The molecule has 1 heterocycles. The second-order valence-electron chi connectivity index (χ2n) is 4.78. The molecule has 0 aliphatic heterocycles. The van der Waals surface area contributed by atoms with Crippen molar-refractivity contribution in [2.45, 2.75) is 20.3 Å². The van der Waals surface area contributed by atoms with Crippen molar-refractivity contribution in [3.8, 4) is 6.01 Å². The van der Waals surface area contributed by atoms with E-state index in [0.29, 0.717) is 24.5 Å². The van der Waals surface area contributed by atoms with E-state index in [-0.39, 0.29) is 0 Å². The fourth-order valence-corrected chi connectivity index (χ4v) is 1.91. The van der Waals surface area contributed by atoms with Gasteiger partial charge in [0.1, 0.15) is 0 Å². The van der Waals surface area contributed by atoms with Gasteiger partial charge in [-0.3, -0.25) is 0 Å². The van der Waals surface area contributed by atoms with Crippen LogP contribution >= 0.6 is 0 Å². The number of rotatable bonds is 6. The van der Waals surface area contributed by atoms with E-state index in [4.69, 9.17) is 4.74 Å². The first kappa shape index (κ1) is 12.9. The van der Waals surface area contributed by atoms with Gasteiger partial charge in [0.2, 0.25) is 11.9 Å². The van der Waals surface area contributed by atoms with Crippen molar-refractivity contribution in [2.24, 2.45) is 11.8 Å². The quantitative estimate of drug-likeness (QED) is 0.824. The van der Waals surface area contributed by atoms with Crippen molar-refractivity contribution in [3.63, 3.8) is 0 Å². The first-order valence-electron chi connectivity index (χ1n) is 6.41. The minimum absolute atomic E-state index is 0.377. The SMILES string of the molecule is CCOc1nc(NC)nc(N(C)CC2CC2C)n1. The minimum Gasteiger partial charge on any atom is -0.464 e. The smallest absolute Gasteiger partial charge is 0.323 e. The zero-order chi connectivity index (χ0) is 13.1. The van der Waals surface area contributed by atoms with Crippen LogP contribution < -0.4 is 15.0 Å². The molecule has 1 saturated carbocycles. The second kappa shape index (κ2) is 5.37. The molecule has 1 aliphatic carbocycles. The standard InChI is InChI=1S/C12H21N5O/c1-5-18-12-15-10(13-3)14-11(16-12)17(4)7-9-6-8(9)2/h8-9H,5-7H2,1-4H3,(H,13,14,15,16). The predicted molar refractivity (Wildman–Crippen MR) is 71.1 cm³/mol. The van der Waals surface area contributed by atoms with Gasteiger partial charge in [-0.25, -0.2) is 0 Å². The van der Waals surface area contributed by atoms with Crippen LogP contribution in [0.5, 0.6) is 6.01 Å². The van der Waals surface area contributed by atoms with Gasteiger partial charge in [-0.15, -0.1) is 0 Å². The number of anilines is 2. The van der Waals surface area contributed by atoms with Crippen molar-refractivity contribution in [2.75, 3.05) is 37.5 Å². The summed E-state index contributed by atoms with van der Waals surface area (Å²) in [6.07, 6.45) is 1.30. The van der Waals surface area contributed by atoms with E-state index in [2.05, 4.69) is 32.1 Å². The van der Waals surface area contributed by atoms with Crippen molar-refractivity contribution >= 4 is 11.9 Å². The molecule has 1 aliphatic rings. The maximum atomic E-state index is 5.35. The second-order valence-corrected chi connectivity index (χ2v) is 4.78. The van der Waals surface area contributed by atoms with Crippen molar-refractivity contribution in [3.05, 3.63) is 0 Å². The van der Waals surface area contributed by atoms with Crippen LogP contribution in [0.3, 0.4) is 0 Å². The molecule has 0 radical (unpaired) electrons. The van der Waals surface area contributed by atoms with Crippen LogP contribution in [-0.4, -0.2) is 42.2 Å². The Kier molecular flexibility index (Phi) is 3.84. The van der Waals surface area contributed by atoms with Crippen LogP contribution in [0.1, 0.15) is 20.3 Å². The molecule has 6 nitrogen and oxygen atoms in total. The van der Waals surface area contributed by atoms with E-state index in [9.17, 15) is 0 Å². The number of nitrogens with zero attached hydrogens (tertiary/aromatic N) is 4. The van der Waals surface area contributed by atoms with Gasteiger partial charge in [0.05, 0.1) is 6.61 Å². The maximum absolute atomic E-state index is 5.35. The van der Waals surface area contributed by atoms with Gasteiger partial charge >= 0.3 is 6.01 Å². The van der Waals surface area contributed by atoms with E-state index in [1.165, 1.54) is 6.42 Å². The molecule has 6 heteroatoms.